The van der Waals surface area contributed by atoms with E-state index in [9.17, 15) is 5.11 Å². The molecule has 0 heterocycles. The molecule has 0 saturated carbocycles. The lowest BCUT2D eigenvalue weighted by molar-refractivity contribution is 0.110. The van der Waals surface area contributed by atoms with Crippen LogP contribution in [0.4, 0.5) is 0 Å². The van der Waals surface area contributed by atoms with Gasteiger partial charge in [-0.25, -0.2) is 0 Å². The van der Waals surface area contributed by atoms with Gasteiger partial charge >= 0.3 is 0 Å². The number of hydrogen-bond acceptors (Lipinski definition) is 3. The van der Waals surface area contributed by atoms with Crippen LogP contribution in [0.15, 0.2) is 24.3 Å². The van der Waals surface area contributed by atoms with Crippen LogP contribution in [-0.4, -0.2) is 25.4 Å². The van der Waals surface area contributed by atoms with Crippen molar-refractivity contribution in [3.63, 3.8) is 0 Å². The number of ether oxygens (including phenoxy) is 1. The van der Waals surface area contributed by atoms with Crippen LogP contribution in [0.2, 0.25) is 0 Å². The monoisotopic (exact) mass is 265 g/mol. The summed E-state index contributed by atoms with van der Waals surface area (Å²) in [7, 11) is 1.68. The van der Waals surface area contributed by atoms with Crippen molar-refractivity contribution >= 4 is 0 Å². The van der Waals surface area contributed by atoms with Gasteiger partial charge in [0.2, 0.25) is 0 Å². The van der Waals surface area contributed by atoms with E-state index in [1.165, 1.54) is 5.56 Å². The Bertz CT molecular complexity index is 367. The second-order valence-corrected chi connectivity index (χ2v) is 5.24. The summed E-state index contributed by atoms with van der Waals surface area (Å²) in [5.74, 6) is 0.880. The van der Waals surface area contributed by atoms with E-state index < -0.39 is 0 Å². The van der Waals surface area contributed by atoms with Gasteiger partial charge in [0, 0.05) is 24.6 Å². The van der Waals surface area contributed by atoms with Gasteiger partial charge in [0.1, 0.15) is 5.75 Å². The molecule has 0 aliphatic heterocycles. The maximum Gasteiger partial charge on any atom is 0.119 e. The van der Waals surface area contributed by atoms with E-state index in [4.69, 9.17) is 4.74 Å². The first-order valence-electron chi connectivity index (χ1n) is 7.09. The average Bonchev–Trinajstić information content (AvgIpc) is 2.49. The summed E-state index contributed by atoms with van der Waals surface area (Å²) in [6.45, 7) is 7.48. The van der Waals surface area contributed by atoms with Crippen molar-refractivity contribution in [2.24, 2.45) is 5.41 Å². The normalized spacial score (nSPS) is 13.3. The highest BCUT2D eigenvalue weighted by atomic mass is 16.5. The highest BCUT2D eigenvalue weighted by Gasteiger charge is 2.25. The summed E-state index contributed by atoms with van der Waals surface area (Å²) >= 11 is 0. The number of methoxy groups -OCH3 is 1. The first-order valence-corrected chi connectivity index (χ1v) is 7.09. The lowest BCUT2D eigenvalue weighted by Gasteiger charge is -2.31. The van der Waals surface area contributed by atoms with E-state index in [1.54, 1.807) is 7.11 Å². The van der Waals surface area contributed by atoms with Crippen LogP contribution in [0.3, 0.4) is 0 Å². The fourth-order valence-electron chi connectivity index (χ4n) is 2.18. The highest BCUT2D eigenvalue weighted by molar-refractivity contribution is 5.30. The Hall–Kier alpha value is -1.06. The number of aliphatic hydroxyl groups is 1. The highest BCUT2D eigenvalue weighted by Crippen LogP contribution is 2.26. The average molecular weight is 265 g/mol. The third kappa shape index (κ3) is 4.22. The molecular formula is C16H27NO2. The zero-order valence-corrected chi connectivity index (χ0v) is 12.6. The molecule has 108 valence electrons. The Balaban J connectivity index is 2.66. The third-order valence-corrected chi connectivity index (χ3v) is 4.21. The van der Waals surface area contributed by atoms with E-state index in [0.29, 0.717) is 0 Å². The van der Waals surface area contributed by atoms with Gasteiger partial charge < -0.3 is 15.2 Å². The molecule has 1 atom stereocenters. The summed E-state index contributed by atoms with van der Waals surface area (Å²) in [5.41, 5.74) is 1.20. The van der Waals surface area contributed by atoms with Crippen LogP contribution < -0.4 is 10.1 Å². The third-order valence-electron chi connectivity index (χ3n) is 4.21. The van der Waals surface area contributed by atoms with Crippen molar-refractivity contribution in [2.75, 3.05) is 20.3 Å². The van der Waals surface area contributed by atoms with Crippen molar-refractivity contribution in [1.29, 1.82) is 0 Å². The zero-order chi connectivity index (χ0) is 14.3. The second-order valence-electron chi connectivity index (χ2n) is 5.24. The van der Waals surface area contributed by atoms with E-state index in [0.717, 1.165) is 25.1 Å². The fraction of sp³-hybridized carbons (Fsp3) is 0.625. The van der Waals surface area contributed by atoms with E-state index in [2.05, 4.69) is 38.2 Å². The molecule has 0 radical (unpaired) electrons. The Kier molecular flexibility index (Phi) is 6.32. The lowest BCUT2D eigenvalue weighted by atomic mass is 9.83. The van der Waals surface area contributed by atoms with Crippen molar-refractivity contribution < 1.29 is 9.84 Å². The SMILES string of the molecule is CCC(CC)(CO)CN[C@H](C)c1cccc(OC)c1. The molecular weight excluding hydrogens is 238 g/mol. The van der Waals surface area contributed by atoms with Crippen LogP contribution in [0.5, 0.6) is 5.75 Å². The largest absolute Gasteiger partial charge is 0.497 e. The number of rotatable bonds is 8. The predicted molar refractivity (Wildman–Crippen MR) is 79.5 cm³/mol. The van der Waals surface area contributed by atoms with Gasteiger partial charge in [-0.2, -0.15) is 0 Å². The molecule has 3 nitrogen and oxygen atoms in total. The maximum absolute atomic E-state index is 9.58. The van der Waals surface area contributed by atoms with Crippen molar-refractivity contribution in [2.45, 2.75) is 39.7 Å². The number of nitrogens with one attached hydrogen (secondary N) is 1. The van der Waals surface area contributed by atoms with E-state index >= 15 is 0 Å². The Morgan fingerprint density at radius 1 is 1.32 bits per heavy atom. The predicted octanol–water partition coefficient (Wildman–Crippen LogP) is 3.14. The van der Waals surface area contributed by atoms with Crippen LogP contribution in [-0.2, 0) is 0 Å². The van der Waals surface area contributed by atoms with Crippen molar-refractivity contribution in [3.05, 3.63) is 29.8 Å². The Labute approximate surface area is 117 Å². The van der Waals surface area contributed by atoms with Crippen molar-refractivity contribution in [3.8, 4) is 5.75 Å². The van der Waals surface area contributed by atoms with Crippen LogP contribution in [0.25, 0.3) is 0 Å². The summed E-state index contributed by atoms with van der Waals surface area (Å²) in [6.07, 6.45) is 1.97. The number of aliphatic hydroxyl groups excluding tert-OH is 1. The minimum Gasteiger partial charge on any atom is -0.497 e. The van der Waals surface area contributed by atoms with Crippen LogP contribution in [0, 0.1) is 5.41 Å². The second kappa shape index (κ2) is 7.51. The molecule has 1 aromatic rings. The summed E-state index contributed by atoms with van der Waals surface area (Å²) < 4.78 is 5.25. The Morgan fingerprint density at radius 3 is 2.53 bits per heavy atom. The number of benzene rings is 1. The quantitative estimate of drug-likeness (QED) is 0.758. The molecule has 1 aromatic carbocycles. The minimum atomic E-state index is -0.00682. The molecule has 0 unspecified atom stereocenters. The summed E-state index contributed by atoms with van der Waals surface area (Å²) in [6, 6.07) is 8.35. The molecule has 0 saturated heterocycles. The van der Waals surface area contributed by atoms with E-state index in [-0.39, 0.29) is 18.1 Å². The summed E-state index contributed by atoms with van der Waals surface area (Å²) in [4.78, 5) is 0. The van der Waals surface area contributed by atoms with Gasteiger partial charge in [0.05, 0.1) is 7.11 Å². The summed E-state index contributed by atoms with van der Waals surface area (Å²) in [5, 5.41) is 13.1. The molecule has 19 heavy (non-hydrogen) atoms. The molecule has 0 aliphatic rings. The maximum atomic E-state index is 9.58. The van der Waals surface area contributed by atoms with Gasteiger partial charge in [0.25, 0.3) is 0 Å². The fourth-order valence-corrected chi connectivity index (χ4v) is 2.18. The van der Waals surface area contributed by atoms with Gasteiger partial charge in [0.15, 0.2) is 0 Å². The van der Waals surface area contributed by atoms with E-state index in [1.807, 2.05) is 12.1 Å². The molecule has 0 amide bonds. The smallest absolute Gasteiger partial charge is 0.119 e. The van der Waals surface area contributed by atoms with Gasteiger partial charge in [-0.3, -0.25) is 0 Å². The molecule has 1 rings (SSSR count). The molecule has 0 fully saturated rings. The standard InChI is InChI=1S/C16H27NO2/c1-5-16(6-2,12-18)11-17-13(3)14-8-7-9-15(10-14)19-4/h7-10,13,17-18H,5-6,11-12H2,1-4H3/t13-/m1/s1. The first-order chi connectivity index (χ1) is 9.10. The molecule has 2 N–H and O–H groups in total. The first kappa shape index (κ1) is 16.0. The molecule has 0 aromatic heterocycles. The lowest BCUT2D eigenvalue weighted by Crippen LogP contribution is -2.37. The molecule has 3 heteroatoms. The van der Waals surface area contributed by atoms with Crippen LogP contribution >= 0.6 is 0 Å². The topological polar surface area (TPSA) is 41.5 Å². The van der Waals surface area contributed by atoms with Gasteiger partial charge in [-0.15, -0.1) is 0 Å². The molecule has 0 spiro atoms. The number of hydrogen-bond donors (Lipinski definition) is 2. The zero-order valence-electron chi connectivity index (χ0n) is 12.6. The van der Waals surface area contributed by atoms with Crippen LogP contribution in [0.1, 0.15) is 45.2 Å². The molecule has 0 aliphatic carbocycles. The minimum absolute atomic E-state index is 0.00682. The van der Waals surface area contributed by atoms with Gasteiger partial charge in [-0.05, 0) is 37.5 Å². The van der Waals surface area contributed by atoms with Crippen molar-refractivity contribution in [1.82, 2.24) is 5.32 Å². The Morgan fingerprint density at radius 2 is 2.00 bits per heavy atom. The molecule has 0 bridgehead atoms. The van der Waals surface area contributed by atoms with Gasteiger partial charge in [-0.1, -0.05) is 26.0 Å².